The normalized spacial score (nSPS) is 41.6. The number of likely N-dealkylation sites (tertiary alicyclic amines) is 1. The van der Waals surface area contributed by atoms with Gasteiger partial charge in [-0.05, 0) is 51.5 Å². The summed E-state index contributed by atoms with van der Waals surface area (Å²) in [4.78, 5) is 14.8. The zero-order valence-corrected chi connectivity index (χ0v) is 11.0. The molecule has 1 spiro atoms. The highest BCUT2D eigenvalue weighted by Crippen LogP contribution is 2.40. The van der Waals surface area contributed by atoms with Gasteiger partial charge in [-0.3, -0.25) is 4.79 Å². The summed E-state index contributed by atoms with van der Waals surface area (Å²) in [6.07, 6.45) is 6.77. The molecule has 3 aliphatic rings. The zero-order valence-electron chi connectivity index (χ0n) is 11.0. The number of rotatable bonds is 1. The van der Waals surface area contributed by atoms with Gasteiger partial charge in [0.2, 0.25) is 5.91 Å². The third-order valence-electron chi connectivity index (χ3n) is 5.13. The van der Waals surface area contributed by atoms with Crippen LogP contribution in [0.15, 0.2) is 0 Å². The van der Waals surface area contributed by atoms with Gasteiger partial charge in [-0.15, -0.1) is 0 Å². The maximum absolute atomic E-state index is 12.7. The summed E-state index contributed by atoms with van der Waals surface area (Å²) >= 11 is 0. The second-order valence-corrected chi connectivity index (χ2v) is 6.27. The minimum Gasteiger partial charge on any atom is -0.393 e. The van der Waals surface area contributed by atoms with Crippen LogP contribution in [0.25, 0.3) is 0 Å². The van der Waals surface area contributed by atoms with Crippen LogP contribution in [0.4, 0.5) is 0 Å². The van der Waals surface area contributed by atoms with E-state index in [4.69, 9.17) is 0 Å². The Kier molecular flexibility index (Phi) is 3.32. The Bertz CT molecular complexity index is 318. The van der Waals surface area contributed by atoms with E-state index in [0.29, 0.717) is 11.9 Å². The molecule has 1 saturated carbocycles. The number of aliphatic hydroxyl groups excluding tert-OH is 1. The SMILES string of the molecule is O=C1N(C2CCC(O)CC2)CC[C@]12CCCNC2. The smallest absolute Gasteiger partial charge is 0.230 e. The first-order valence-corrected chi connectivity index (χ1v) is 7.41. The van der Waals surface area contributed by atoms with Crippen molar-refractivity contribution in [3.63, 3.8) is 0 Å². The lowest BCUT2D eigenvalue weighted by Gasteiger charge is -2.36. The van der Waals surface area contributed by atoms with Crippen molar-refractivity contribution in [1.82, 2.24) is 10.2 Å². The lowest BCUT2D eigenvalue weighted by molar-refractivity contribution is -0.139. The second kappa shape index (κ2) is 4.82. The Morgan fingerprint density at radius 2 is 2.00 bits per heavy atom. The third kappa shape index (κ3) is 2.05. The van der Waals surface area contributed by atoms with Crippen LogP contribution in [0.1, 0.15) is 44.9 Å². The number of nitrogens with one attached hydrogen (secondary N) is 1. The van der Waals surface area contributed by atoms with Crippen molar-refractivity contribution < 1.29 is 9.90 Å². The minimum atomic E-state index is -0.135. The van der Waals surface area contributed by atoms with Gasteiger partial charge in [-0.2, -0.15) is 0 Å². The van der Waals surface area contributed by atoms with Gasteiger partial charge < -0.3 is 15.3 Å². The molecule has 102 valence electrons. The minimum absolute atomic E-state index is 0.0890. The van der Waals surface area contributed by atoms with Crippen LogP contribution in [0.3, 0.4) is 0 Å². The first-order chi connectivity index (χ1) is 8.71. The van der Waals surface area contributed by atoms with E-state index in [9.17, 15) is 9.90 Å². The van der Waals surface area contributed by atoms with Gasteiger partial charge in [0.05, 0.1) is 11.5 Å². The molecule has 18 heavy (non-hydrogen) atoms. The van der Waals surface area contributed by atoms with Crippen molar-refractivity contribution in [3.05, 3.63) is 0 Å². The second-order valence-electron chi connectivity index (χ2n) is 6.27. The average molecular weight is 252 g/mol. The van der Waals surface area contributed by atoms with E-state index in [1.807, 2.05) is 0 Å². The van der Waals surface area contributed by atoms with Crippen LogP contribution in [-0.2, 0) is 4.79 Å². The number of carbonyl (C=O) groups excluding carboxylic acids is 1. The fourth-order valence-electron chi connectivity index (χ4n) is 3.93. The molecule has 4 nitrogen and oxygen atoms in total. The summed E-state index contributed by atoms with van der Waals surface area (Å²) in [6, 6.07) is 0.391. The molecule has 2 N–H and O–H groups in total. The number of nitrogens with zero attached hydrogens (tertiary/aromatic N) is 1. The first kappa shape index (κ1) is 12.4. The van der Waals surface area contributed by atoms with Crippen molar-refractivity contribution in [3.8, 4) is 0 Å². The van der Waals surface area contributed by atoms with E-state index >= 15 is 0 Å². The van der Waals surface area contributed by atoms with Crippen LogP contribution in [0.2, 0.25) is 0 Å². The molecular weight excluding hydrogens is 228 g/mol. The van der Waals surface area contributed by atoms with Gasteiger partial charge in [0, 0.05) is 19.1 Å². The highest BCUT2D eigenvalue weighted by molar-refractivity contribution is 5.85. The zero-order chi connectivity index (χ0) is 12.6. The van der Waals surface area contributed by atoms with E-state index < -0.39 is 0 Å². The van der Waals surface area contributed by atoms with E-state index in [1.165, 1.54) is 0 Å². The van der Waals surface area contributed by atoms with E-state index in [1.54, 1.807) is 0 Å². The monoisotopic (exact) mass is 252 g/mol. The highest BCUT2D eigenvalue weighted by atomic mass is 16.3. The predicted octanol–water partition coefficient (Wildman–Crippen LogP) is 0.892. The lowest BCUT2D eigenvalue weighted by Crippen LogP contribution is -2.48. The lowest BCUT2D eigenvalue weighted by atomic mass is 9.79. The molecule has 4 heteroatoms. The molecule has 1 aliphatic carbocycles. The fraction of sp³-hybridized carbons (Fsp3) is 0.929. The molecule has 3 rings (SSSR count). The molecule has 1 atom stereocenters. The Balaban J connectivity index is 1.66. The molecule has 2 saturated heterocycles. The van der Waals surface area contributed by atoms with Gasteiger partial charge in [-0.1, -0.05) is 0 Å². The number of piperidine rings is 1. The molecule has 3 fully saturated rings. The summed E-state index contributed by atoms with van der Waals surface area (Å²) in [5, 5.41) is 13.0. The maximum Gasteiger partial charge on any atom is 0.230 e. The summed E-state index contributed by atoms with van der Waals surface area (Å²) in [5.74, 6) is 0.385. The first-order valence-electron chi connectivity index (χ1n) is 7.41. The van der Waals surface area contributed by atoms with Crippen molar-refractivity contribution in [2.45, 2.75) is 57.1 Å². The van der Waals surface area contributed by atoms with E-state index in [-0.39, 0.29) is 11.5 Å². The quantitative estimate of drug-likeness (QED) is 0.729. The van der Waals surface area contributed by atoms with E-state index in [0.717, 1.165) is 64.6 Å². The molecule has 0 unspecified atom stereocenters. The average Bonchev–Trinajstić information content (AvgIpc) is 2.70. The summed E-state index contributed by atoms with van der Waals surface area (Å²) in [5.41, 5.74) is -0.0890. The van der Waals surface area contributed by atoms with Gasteiger partial charge in [0.15, 0.2) is 0 Å². The molecule has 0 aromatic rings. The fourth-order valence-corrected chi connectivity index (χ4v) is 3.93. The summed E-state index contributed by atoms with van der Waals surface area (Å²) < 4.78 is 0. The van der Waals surface area contributed by atoms with Crippen molar-refractivity contribution >= 4 is 5.91 Å². The number of hydrogen-bond donors (Lipinski definition) is 2. The largest absolute Gasteiger partial charge is 0.393 e. The Labute approximate surface area is 109 Å². The maximum atomic E-state index is 12.7. The van der Waals surface area contributed by atoms with Crippen LogP contribution < -0.4 is 5.32 Å². The van der Waals surface area contributed by atoms with Crippen molar-refractivity contribution in [1.29, 1.82) is 0 Å². The molecule has 2 aliphatic heterocycles. The van der Waals surface area contributed by atoms with Gasteiger partial charge in [0.25, 0.3) is 0 Å². The predicted molar refractivity (Wildman–Crippen MR) is 69.1 cm³/mol. The Morgan fingerprint density at radius 1 is 1.22 bits per heavy atom. The van der Waals surface area contributed by atoms with Crippen LogP contribution in [-0.4, -0.2) is 47.7 Å². The third-order valence-corrected chi connectivity index (χ3v) is 5.13. The number of amides is 1. The van der Waals surface area contributed by atoms with Gasteiger partial charge >= 0.3 is 0 Å². The van der Waals surface area contributed by atoms with Crippen molar-refractivity contribution in [2.24, 2.45) is 5.41 Å². The standard InChI is InChI=1S/C14H24N2O2/c17-12-4-2-11(3-5-12)16-9-7-14(13(16)18)6-1-8-15-10-14/h11-12,15,17H,1-10H2/t11?,12?,14-/m0/s1. The molecule has 1 amide bonds. The Morgan fingerprint density at radius 3 is 2.67 bits per heavy atom. The molecule has 0 aromatic heterocycles. The van der Waals surface area contributed by atoms with Gasteiger partial charge in [0.1, 0.15) is 0 Å². The number of aliphatic hydroxyl groups is 1. The van der Waals surface area contributed by atoms with E-state index in [2.05, 4.69) is 10.2 Å². The summed E-state index contributed by atoms with van der Waals surface area (Å²) in [6.45, 7) is 2.86. The molecule has 0 bridgehead atoms. The molecule has 0 radical (unpaired) electrons. The topological polar surface area (TPSA) is 52.6 Å². The van der Waals surface area contributed by atoms with Crippen molar-refractivity contribution in [2.75, 3.05) is 19.6 Å². The molecule has 0 aromatic carbocycles. The van der Waals surface area contributed by atoms with Crippen LogP contribution in [0, 0.1) is 5.41 Å². The number of hydrogen-bond acceptors (Lipinski definition) is 3. The van der Waals surface area contributed by atoms with Gasteiger partial charge in [-0.25, -0.2) is 0 Å². The highest BCUT2D eigenvalue weighted by Gasteiger charge is 2.48. The Hall–Kier alpha value is -0.610. The molecular formula is C14H24N2O2. The van der Waals surface area contributed by atoms with Crippen LogP contribution >= 0.6 is 0 Å². The number of carbonyl (C=O) groups is 1. The van der Waals surface area contributed by atoms with Crippen LogP contribution in [0.5, 0.6) is 0 Å². The summed E-state index contributed by atoms with van der Waals surface area (Å²) in [7, 11) is 0. The molecule has 2 heterocycles.